The minimum Gasteiger partial charge on any atom is -0.481 e. The van der Waals surface area contributed by atoms with E-state index < -0.39 is 96.3 Å². The van der Waals surface area contributed by atoms with Crippen LogP contribution in [0, 0.1) is 5.92 Å². The number of carboxylic acid groups (broad SMARTS) is 2. The maximum atomic E-state index is 13.3. The number of primary amides is 2. The van der Waals surface area contributed by atoms with Gasteiger partial charge in [-0.3, -0.25) is 38.4 Å². The summed E-state index contributed by atoms with van der Waals surface area (Å²) in [6.45, 7) is 3.68. The first kappa shape index (κ1) is 55.8. The molecule has 2 aromatic rings. The fraction of sp³-hybridized carbons (Fsp3) is 0.562. The predicted molar refractivity (Wildman–Crippen MR) is 247 cm³/mol. The number of benzene rings is 2. The lowest BCUT2D eigenvalue weighted by molar-refractivity contribution is -0.142. The first-order valence-electron chi connectivity index (χ1n) is 23.0. The Morgan fingerprint density at radius 2 is 0.833 bits per heavy atom. The molecule has 66 heavy (non-hydrogen) atoms. The number of carbonyl (C=O) groups excluding carboxylic acids is 7. The summed E-state index contributed by atoms with van der Waals surface area (Å²) in [7, 11) is 0. The van der Waals surface area contributed by atoms with Gasteiger partial charge in [0.05, 0.1) is 12.8 Å². The summed E-state index contributed by atoms with van der Waals surface area (Å²) in [6.07, 6.45) is 10.2. The lowest BCUT2D eigenvalue weighted by Gasteiger charge is -2.25. The molecule has 0 radical (unpaired) electrons. The molecule has 11 N–H and O–H groups in total. The van der Waals surface area contributed by atoms with E-state index in [2.05, 4.69) is 26.6 Å². The Morgan fingerprint density at radius 3 is 1.21 bits per heavy atom. The zero-order valence-corrected chi connectivity index (χ0v) is 38.4. The molecule has 0 heterocycles. The van der Waals surface area contributed by atoms with E-state index in [1.807, 2.05) is 19.9 Å². The Balaban J connectivity index is 1.64. The molecule has 5 atom stereocenters. The Hall–Kier alpha value is -6.33. The Kier molecular flexibility index (Phi) is 26.7. The summed E-state index contributed by atoms with van der Waals surface area (Å²) in [5.41, 5.74) is 12.3. The third-order valence-corrected chi connectivity index (χ3v) is 10.8. The van der Waals surface area contributed by atoms with Crippen molar-refractivity contribution >= 4 is 53.3 Å². The van der Waals surface area contributed by atoms with E-state index in [9.17, 15) is 53.4 Å². The highest BCUT2D eigenvalue weighted by Crippen LogP contribution is 2.14. The number of carboxylic acids is 2. The van der Waals surface area contributed by atoms with Gasteiger partial charge in [-0.15, -0.1) is 0 Å². The van der Waals surface area contributed by atoms with E-state index in [1.165, 1.54) is 0 Å². The van der Waals surface area contributed by atoms with Gasteiger partial charge in [-0.05, 0) is 36.3 Å². The van der Waals surface area contributed by atoms with E-state index in [0.717, 1.165) is 69.8 Å². The van der Waals surface area contributed by atoms with E-state index in [-0.39, 0.29) is 38.0 Å². The second-order valence-electron chi connectivity index (χ2n) is 17.2. The summed E-state index contributed by atoms with van der Waals surface area (Å²) in [5, 5.41) is 31.8. The molecular weight excluding hydrogens is 851 g/mol. The number of hydrogen-bond acceptors (Lipinski definition) is 9. The van der Waals surface area contributed by atoms with Crippen LogP contribution in [0.3, 0.4) is 0 Å². The van der Waals surface area contributed by atoms with Crippen LogP contribution in [0.1, 0.15) is 134 Å². The monoisotopic (exact) mass is 922 g/mol. The Morgan fingerprint density at radius 1 is 0.470 bits per heavy atom. The molecule has 0 aliphatic carbocycles. The van der Waals surface area contributed by atoms with Gasteiger partial charge in [0.1, 0.15) is 30.2 Å². The SMILES string of the molecule is CC(C)C[C@H](NC(=O)[C@H](CC(=O)O)NC(=O)CCCCCCCCCCCCCCC(=O)N[C@@H](CC(N)=O)C(=O)N[C@@H](Cc1ccccc1)C(=O)O)C(=O)N[C@@H](Cc1ccccc1)C(N)=O. The van der Waals surface area contributed by atoms with Crippen molar-refractivity contribution in [2.45, 2.75) is 166 Å². The van der Waals surface area contributed by atoms with Crippen LogP contribution in [0.5, 0.6) is 0 Å². The number of rotatable bonds is 35. The van der Waals surface area contributed by atoms with E-state index in [1.54, 1.807) is 54.6 Å². The first-order chi connectivity index (χ1) is 31.4. The molecule has 2 rings (SSSR count). The molecule has 2 aromatic carbocycles. The molecule has 364 valence electrons. The minimum absolute atomic E-state index is 0.0275. The smallest absolute Gasteiger partial charge is 0.326 e. The van der Waals surface area contributed by atoms with Gasteiger partial charge in [0, 0.05) is 25.7 Å². The van der Waals surface area contributed by atoms with Gasteiger partial charge in [0.15, 0.2) is 0 Å². The van der Waals surface area contributed by atoms with Crippen molar-refractivity contribution in [1.82, 2.24) is 26.6 Å². The van der Waals surface area contributed by atoms with Crippen molar-refractivity contribution in [3.8, 4) is 0 Å². The molecule has 18 nitrogen and oxygen atoms in total. The average Bonchev–Trinajstić information content (AvgIpc) is 3.25. The summed E-state index contributed by atoms with van der Waals surface area (Å²) < 4.78 is 0. The molecule has 7 amide bonds. The van der Waals surface area contributed by atoms with Gasteiger partial charge >= 0.3 is 11.9 Å². The molecule has 0 aliphatic rings. The Bertz CT molecular complexity index is 1860. The number of nitrogens with two attached hydrogens (primary N) is 2. The van der Waals surface area contributed by atoms with Crippen molar-refractivity contribution in [1.29, 1.82) is 0 Å². The maximum Gasteiger partial charge on any atom is 0.326 e. The van der Waals surface area contributed by atoms with E-state index >= 15 is 0 Å². The second-order valence-corrected chi connectivity index (χ2v) is 17.2. The average molecular weight is 922 g/mol. The quantitative estimate of drug-likeness (QED) is 0.0452. The third kappa shape index (κ3) is 24.7. The van der Waals surface area contributed by atoms with Crippen molar-refractivity contribution in [3.63, 3.8) is 0 Å². The summed E-state index contributed by atoms with van der Waals surface area (Å²) in [6, 6.07) is 11.6. The summed E-state index contributed by atoms with van der Waals surface area (Å²) >= 11 is 0. The van der Waals surface area contributed by atoms with Gasteiger partial charge in [0.2, 0.25) is 41.4 Å². The highest BCUT2D eigenvalue weighted by molar-refractivity contribution is 5.96. The molecule has 0 unspecified atom stereocenters. The van der Waals surface area contributed by atoms with Crippen molar-refractivity contribution < 1.29 is 53.4 Å². The number of unbranched alkanes of at least 4 members (excludes halogenated alkanes) is 11. The lowest BCUT2D eigenvalue weighted by atomic mass is 10.0. The molecular formula is C48H71N7O11. The molecule has 0 saturated heterocycles. The topological polar surface area (TPSA) is 306 Å². The fourth-order valence-corrected chi connectivity index (χ4v) is 7.31. The highest BCUT2D eigenvalue weighted by Gasteiger charge is 2.31. The van der Waals surface area contributed by atoms with Crippen LogP contribution in [0.15, 0.2) is 60.7 Å². The summed E-state index contributed by atoms with van der Waals surface area (Å²) in [5.74, 6) is -7.34. The van der Waals surface area contributed by atoms with Gasteiger partial charge in [-0.1, -0.05) is 139 Å². The minimum atomic E-state index is -1.41. The maximum absolute atomic E-state index is 13.3. The van der Waals surface area contributed by atoms with E-state index in [0.29, 0.717) is 18.4 Å². The normalized spacial score (nSPS) is 13.3. The van der Waals surface area contributed by atoms with Gasteiger partial charge in [0.25, 0.3) is 0 Å². The fourth-order valence-electron chi connectivity index (χ4n) is 7.31. The summed E-state index contributed by atoms with van der Waals surface area (Å²) in [4.78, 5) is 112. The van der Waals surface area contributed by atoms with E-state index in [4.69, 9.17) is 11.5 Å². The molecule has 0 bridgehead atoms. The van der Waals surface area contributed by atoms with Gasteiger partial charge < -0.3 is 48.3 Å². The van der Waals surface area contributed by atoms with Gasteiger partial charge in [-0.25, -0.2) is 4.79 Å². The molecule has 0 saturated carbocycles. The molecule has 0 aliphatic heterocycles. The molecule has 0 spiro atoms. The van der Waals surface area contributed by atoms with Crippen LogP contribution in [-0.4, -0.2) is 93.7 Å². The zero-order chi connectivity index (χ0) is 48.9. The number of nitrogens with one attached hydrogen (secondary N) is 5. The number of hydrogen-bond donors (Lipinski definition) is 9. The number of aliphatic carboxylic acids is 2. The molecule has 0 aromatic heterocycles. The number of amides is 7. The largest absolute Gasteiger partial charge is 0.481 e. The van der Waals surface area contributed by atoms with Crippen molar-refractivity contribution in [2.24, 2.45) is 17.4 Å². The highest BCUT2D eigenvalue weighted by atomic mass is 16.4. The molecule has 0 fully saturated rings. The van der Waals surface area contributed by atoms with Crippen molar-refractivity contribution in [3.05, 3.63) is 71.8 Å². The van der Waals surface area contributed by atoms with Crippen LogP contribution in [0.4, 0.5) is 0 Å². The van der Waals surface area contributed by atoms with Crippen LogP contribution >= 0.6 is 0 Å². The third-order valence-electron chi connectivity index (χ3n) is 10.8. The molecule has 18 heteroatoms. The van der Waals surface area contributed by atoms with Crippen LogP contribution in [0.2, 0.25) is 0 Å². The number of carbonyl (C=O) groups is 9. The van der Waals surface area contributed by atoms with Crippen molar-refractivity contribution in [2.75, 3.05) is 0 Å². The van der Waals surface area contributed by atoms with Crippen LogP contribution < -0.4 is 38.1 Å². The van der Waals surface area contributed by atoms with Crippen LogP contribution in [-0.2, 0) is 56.0 Å². The van der Waals surface area contributed by atoms with Crippen LogP contribution in [0.25, 0.3) is 0 Å². The first-order valence-corrected chi connectivity index (χ1v) is 23.0. The second kappa shape index (κ2) is 31.5. The zero-order valence-electron chi connectivity index (χ0n) is 38.4. The van der Waals surface area contributed by atoms with Gasteiger partial charge in [-0.2, -0.15) is 0 Å². The standard InChI is InChI=1S/C48H71N7O11/c1-32(2)27-36(45(62)53-35(44(50)61)28-33-21-15-13-16-22-33)54-47(64)38(31-43(59)60)52-42(58)26-20-12-10-8-6-4-3-5-7-9-11-19-25-41(57)51-37(30-40(49)56)46(63)55-39(48(65)66)29-34-23-17-14-18-24-34/h13-18,21-24,32,35-39H,3-12,19-20,25-31H2,1-2H3,(H2,49,56)(H2,50,61)(H,51,57)(H,52,58)(H,53,62)(H,54,64)(H,55,63)(H,59,60)(H,65,66)/t35-,36-,37-,38-,39-/m0/s1. The Labute approximate surface area is 387 Å². The predicted octanol–water partition coefficient (Wildman–Crippen LogP) is 3.32. The lowest BCUT2D eigenvalue weighted by Crippen LogP contribution is -2.57.